The summed E-state index contributed by atoms with van der Waals surface area (Å²) in [5, 5.41) is 4.40. The van der Waals surface area contributed by atoms with Gasteiger partial charge in [-0.3, -0.25) is 0 Å². The summed E-state index contributed by atoms with van der Waals surface area (Å²) in [5.41, 5.74) is 6.73. The Balaban J connectivity index is 1.86. The Kier molecular flexibility index (Phi) is 5.51. The largest absolute Gasteiger partial charge is 0.457 e. The monoisotopic (exact) mass is 391 g/mol. The molecule has 1 aromatic carbocycles. The van der Waals surface area contributed by atoms with Gasteiger partial charge >= 0.3 is 0 Å². The zero-order valence-electron chi connectivity index (χ0n) is 15.8. The Morgan fingerprint density at radius 2 is 1.59 bits per heavy atom. The van der Waals surface area contributed by atoms with E-state index in [1.54, 1.807) is 0 Å². The Hall–Kier alpha value is -1.46. The van der Waals surface area contributed by atoms with Gasteiger partial charge in [-0.05, 0) is 55.7 Å². The van der Waals surface area contributed by atoms with Gasteiger partial charge in [-0.15, -0.1) is 0 Å². The van der Waals surface area contributed by atoms with Crippen LogP contribution in [-0.2, 0) is 10.3 Å². The van der Waals surface area contributed by atoms with E-state index < -0.39 is 11.9 Å². The molecule has 1 unspecified atom stereocenters. The quantitative estimate of drug-likeness (QED) is 0.339. The maximum atomic E-state index is 6.77. The minimum atomic E-state index is -0.743. The fraction of sp³-hybridized carbons (Fsp3) is 0.667. The molecule has 3 aliphatic rings. The van der Waals surface area contributed by atoms with Crippen molar-refractivity contribution in [1.29, 1.82) is 0 Å². The smallest absolute Gasteiger partial charge is 0.261 e. The number of hydrazone groups is 1. The van der Waals surface area contributed by atoms with Crippen molar-refractivity contribution in [2.45, 2.75) is 76.1 Å². The minimum absolute atomic E-state index is 0.187. The van der Waals surface area contributed by atoms with E-state index >= 15 is 0 Å². The lowest BCUT2D eigenvalue weighted by Crippen LogP contribution is -2.55. The van der Waals surface area contributed by atoms with Crippen LogP contribution in [0.4, 0.5) is 0 Å². The molecular formula is C21H30ClN3O2. The first-order chi connectivity index (χ1) is 13.1. The van der Waals surface area contributed by atoms with Gasteiger partial charge in [0.2, 0.25) is 0 Å². The summed E-state index contributed by atoms with van der Waals surface area (Å²) in [6.45, 7) is 0. The maximum absolute atomic E-state index is 6.77. The Morgan fingerprint density at radius 1 is 1.00 bits per heavy atom. The molecule has 4 N–H and O–H groups in total. The molecule has 2 saturated carbocycles. The molecule has 0 amide bonds. The van der Waals surface area contributed by atoms with Crippen LogP contribution < -0.4 is 16.3 Å². The number of hydrogen-bond acceptors (Lipinski definition) is 4. The summed E-state index contributed by atoms with van der Waals surface area (Å²) >= 11 is 6.43. The number of fused-ring (bicyclic) bond motifs is 1. The minimum Gasteiger partial charge on any atom is -0.457 e. The fourth-order valence-electron chi connectivity index (χ4n) is 5.50. The van der Waals surface area contributed by atoms with Crippen LogP contribution in [0.15, 0.2) is 23.3 Å². The van der Waals surface area contributed by atoms with E-state index in [1.807, 2.05) is 18.2 Å². The van der Waals surface area contributed by atoms with Crippen molar-refractivity contribution in [2.24, 2.45) is 28.5 Å². The van der Waals surface area contributed by atoms with E-state index in [9.17, 15) is 0 Å². The van der Waals surface area contributed by atoms with Crippen molar-refractivity contribution in [2.75, 3.05) is 0 Å². The molecule has 1 aliphatic heterocycles. The highest BCUT2D eigenvalue weighted by molar-refractivity contribution is 6.30. The van der Waals surface area contributed by atoms with Gasteiger partial charge in [0.15, 0.2) is 5.84 Å². The van der Waals surface area contributed by atoms with Gasteiger partial charge in [0.1, 0.15) is 11.4 Å². The Bertz CT molecular complexity index is 679. The average Bonchev–Trinajstić information content (AvgIpc) is 2.73. The molecule has 0 spiro atoms. The van der Waals surface area contributed by atoms with Crippen LogP contribution in [0.3, 0.4) is 0 Å². The lowest BCUT2D eigenvalue weighted by molar-refractivity contribution is -0.226. The molecule has 0 radical (unpaired) electrons. The summed E-state index contributed by atoms with van der Waals surface area (Å²) in [6.07, 6.45) is 11.5. The van der Waals surface area contributed by atoms with Crippen molar-refractivity contribution in [3.8, 4) is 5.75 Å². The van der Waals surface area contributed by atoms with Crippen molar-refractivity contribution in [3.05, 3.63) is 28.8 Å². The van der Waals surface area contributed by atoms with Crippen LogP contribution in [0, 0.1) is 11.8 Å². The first kappa shape index (κ1) is 18.9. The number of rotatable bonds is 3. The predicted molar refractivity (Wildman–Crippen MR) is 108 cm³/mol. The van der Waals surface area contributed by atoms with E-state index in [-0.39, 0.29) is 5.84 Å². The molecule has 27 heavy (non-hydrogen) atoms. The van der Waals surface area contributed by atoms with Crippen LogP contribution in [-0.4, -0.2) is 12.1 Å². The molecule has 1 aromatic rings. The highest BCUT2D eigenvalue weighted by Crippen LogP contribution is 2.56. The van der Waals surface area contributed by atoms with E-state index in [0.717, 1.165) is 42.0 Å². The van der Waals surface area contributed by atoms with Crippen LogP contribution >= 0.6 is 11.6 Å². The second kappa shape index (κ2) is 7.88. The lowest BCUT2D eigenvalue weighted by atomic mass is 9.63. The normalized spacial score (nSPS) is 27.0. The molecule has 2 fully saturated rings. The van der Waals surface area contributed by atoms with E-state index in [2.05, 4.69) is 5.10 Å². The second-order valence-corrected chi connectivity index (χ2v) is 8.66. The van der Waals surface area contributed by atoms with Gasteiger partial charge in [0.25, 0.3) is 6.29 Å². The summed E-state index contributed by atoms with van der Waals surface area (Å²) in [6, 6.07) is 5.86. The molecule has 0 aromatic heterocycles. The zero-order chi connectivity index (χ0) is 18.9. The first-order valence-corrected chi connectivity index (χ1v) is 10.7. The summed E-state index contributed by atoms with van der Waals surface area (Å²) in [4.78, 5) is 0. The molecule has 6 heteroatoms. The van der Waals surface area contributed by atoms with Gasteiger partial charge in [-0.2, -0.15) is 5.10 Å². The standard InChI is InChI=1S/C21H30ClN3O2/c22-16-11-12-18-17(13-16)21(14-7-3-1-4-8-14,15-9-5-2-6-10-15)27-20(26-18)19(23)25-24/h11-15,20H,1-10,24H2,(H2,23,25). The van der Waals surface area contributed by atoms with Crippen molar-refractivity contribution < 1.29 is 9.47 Å². The molecule has 148 valence electrons. The Labute approximate surface area is 166 Å². The third kappa shape index (κ3) is 3.40. The molecule has 0 bridgehead atoms. The van der Waals surface area contributed by atoms with Crippen LogP contribution in [0.2, 0.25) is 5.02 Å². The molecule has 2 aliphatic carbocycles. The summed E-state index contributed by atoms with van der Waals surface area (Å²) in [7, 11) is 0. The third-order valence-corrected chi connectivity index (χ3v) is 6.95. The predicted octanol–water partition coefficient (Wildman–Crippen LogP) is 4.66. The molecule has 0 saturated heterocycles. The van der Waals surface area contributed by atoms with Crippen molar-refractivity contribution in [3.63, 3.8) is 0 Å². The van der Waals surface area contributed by atoms with Crippen LogP contribution in [0.5, 0.6) is 5.75 Å². The van der Waals surface area contributed by atoms with E-state index in [1.165, 1.54) is 38.5 Å². The van der Waals surface area contributed by atoms with Gasteiger partial charge in [0, 0.05) is 10.6 Å². The highest BCUT2D eigenvalue weighted by atomic mass is 35.5. The fourth-order valence-corrected chi connectivity index (χ4v) is 5.67. The van der Waals surface area contributed by atoms with Crippen LogP contribution in [0.25, 0.3) is 0 Å². The number of halogens is 1. The van der Waals surface area contributed by atoms with Crippen molar-refractivity contribution >= 4 is 17.4 Å². The number of nitrogens with two attached hydrogens (primary N) is 2. The van der Waals surface area contributed by atoms with Gasteiger partial charge in [-0.25, -0.2) is 0 Å². The topological polar surface area (TPSA) is 82.9 Å². The molecule has 4 rings (SSSR count). The number of nitrogens with zero attached hydrogens (tertiary/aromatic N) is 1. The number of amidine groups is 1. The van der Waals surface area contributed by atoms with Gasteiger partial charge < -0.3 is 21.1 Å². The molecule has 1 heterocycles. The Morgan fingerprint density at radius 3 is 2.15 bits per heavy atom. The lowest BCUT2D eigenvalue weighted by Gasteiger charge is -2.53. The number of hydrogen-bond donors (Lipinski definition) is 2. The second-order valence-electron chi connectivity index (χ2n) is 8.23. The number of benzene rings is 1. The van der Waals surface area contributed by atoms with E-state index in [4.69, 9.17) is 32.7 Å². The maximum Gasteiger partial charge on any atom is 0.261 e. The van der Waals surface area contributed by atoms with Crippen molar-refractivity contribution in [1.82, 2.24) is 0 Å². The third-order valence-electron chi connectivity index (χ3n) is 6.71. The van der Waals surface area contributed by atoms with Gasteiger partial charge in [-0.1, -0.05) is 50.1 Å². The molecular weight excluding hydrogens is 362 g/mol. The average molecular weight is 392 g/mol. The highest BCUT2D eigenvalue weighted by Gasteiger charge is 2.54. The zero-order valence-corrected chi connectivity index (χ0v) is 16.6. The van der Waals surface area contributed by atoms with E-state index in [0.29, 0.717) is 11.8 Å². The molecule has 1 atom stereocenters. The SMILES string of the molecule is N/N=C(\N)C1Oc2ccc(Cl)cc2C(C2CCCCC2)(C2CCCCC2)O1. The summed E-state index contributed by atoms with van der Waals surface area (Å²) < 4.78 is 12.8. The van der Waals surface area contributed by atoms with Crippen LogP contribution in [0.1, 0.15) is 69.8 Å². The number of ether oxygens (including phenoxy) is 2. The van der Waals surface area contributed by atoms with Gasteiger partial charge in [0.05, 0.1) is 0 Å². The molecule has 5 nitrogen and oxygen atoms in total. The first-order valence-electron chi connectivity index (χ1n) is 10.3. The summed E-state index contributed by atoms with van der Waals surface area (Å²) in [5.74, 6) is 7.33.